The zero-order valence-corrected chi connectivity index (χ0v) is 13.0. The molecule has 2 aromatic rings. The number of aryl methyl sites for hydroxylation is 1. The summed E-state index contributed by atoms with van der Waals surface area (Å²) in [7, 11) is -2.31. The number of anilines is 2. The molecule has 6 heteroatoms. The summed E-state index contributed by atoms with van der Waals surface area (Å²) >= 11 is 0. The van der Waals surface area contributed by atoms with Crippen LogP contribution in [0.3, 0.4) is 0 Å². The SMILES string of the molecule is COc1ccc(C)cc1S(=O)(=O)Nc1cccc(N)c1C. The van der Waals surface area contributed by atoms with Gasteiger partial charge in [-0.1, -0.05) is 12.1 Å². The first-order valence-corrected chi connectivity index (χ1v) is 7.86. The van der Waals surface area contributed by atoms with Crippen molar-refractivity contribution >= 4 is 21.4 Å². The number of benzene rings is 2. The molecule has 2 aromatic carbocycles. The van der Waals surface area contributed by atoms with E-state index in [1.165, 1.54) is 7.11 Å². The Morgan fingerprint density at radius 2 is 1.86 bits per heavy atom. The Balaban J connectivity index is 2.48. The fourth-order valence-corrected chi connectivity index (χ4v) is 3.34. The standard InChI is InChI=1S/C15H18N2O3S/c1-10-7-8-14(20-3)15(9-10)21(18,19)17-13-6-4-5-12(16)11(13)2/h4-9,17H,16H2,1-3H3. The van der Waals surface area contributed by atoms with Gasteiger partial charge in [-0.15, -0.1) is 0 Å². The molecule has 0 heterocycles. The van der Waals surface area contributed by atoms with Gasteiger partial charge < -0.3 is 10.5 Å². The molecule has 0 fully saturated rings. The summed E-state index contributed by atoms with van der Waals surface area (Å²) in [4.78, 5) is 0.104. The fraction of sp³-hybridized carbons (Fsp3) is 0.200. The third-order valence-electron chi connectivity index (χ3n) is 3.23. The minimum Gasteiger partial charge on any atom is -0.495 e. The van der Waals surface area contributed by atoms with Crippen LogP contribution in [0, 0.1) is 13.8 Å². The number of methoxy groups -OCH3 is 1. The molecule has 0 atom stereocenters. The predicted octanol–water partition coefficient (Wildman–Crippen LogP) is 2.70. The zero-order chi connectivity index (χ0) is 15.6. The highest BCUT2D eigenvalue weighted by Crippen LogP contribution is 2.28. The molecule has 0 saturated carbocycles. The van der Waals surface area contributed by atoms with E-state index >= 15 is 0 Å². The van der Waals surface area contributed by atoms with Gasteiger partial charge in [-0.3, -0.25) is 4.72 Å². The van der Waals surface area contributed by atoms with E-state index in [2.05, 4.69) is 4.72 Å². The van der Waals surface area contributed by atoms with E-state index in [1.807, 2.05) is 6.92 Å². The van der Waals surface area contributed by atoms with Crippen molar-refractivity contribution < 1.29 is 13.2 Å². The molecule has 0 aliphatic rings. The quantitative estimate of drug-likeness (QED) is 0.851. The molecule has 112 valence electrons. The van der Waals surface area contributed by atoms with Gasteiger partial charge in [0.1, 0.15) is 10.6 Å². The highest BCUT2D eigenvalue weighted by molar-refractivity contribution is 7.92. The predicted molar refractivity (Wildman–Crippen MR) is 84.1 cm³/mol. The van der Waals surface area contributed by atoms with Crippen LogP contribution in [-0.2, 0) is 10.0 Å². The zero-order valence-electron chi connectivity index (χ0n) is 12.2. The lowest BCUT2D eigenvalue weighted by atomic mass is 10.2. The van der Waals surface area contributed by atoms with Gasteiger partial charge in [-0.05, 0) is 49.2 Å². The highest BCUT2D eigenvalue weighted by Gasteiger charge is 2.20. The fourth-order valence-electron chi connectivity index (χ4n) is 1.96. The van der Waals surface area contributed by atoms with E-state index in [-0.39, 0.29) is 4.90 Å². The minimum absolute atomic E-state index is 0.104. The summed E-state index contributed by atoms with van der Waals surface area (Å²) in [6, 6.07) is 10.1. The number of rotatable bonds is 4. The van der Waals surface area contributed by atoms with E-state index in [4.69, 9.17) is 10.5 Å². The number of nitrogens with two attached hydrogens (primary N) is 1. The molecule has 21 heavy (non-hydrogen) atoms. The molecule has 0 bridgehead atoms. The molecule has 0 amide bonds. The summed E-state index contributed by atoms with van der Waals surface area (Å²) in [6.45, 7) is 3.59. The normalized spacial score (nSPS) is 11.2. The van der Waals surface area contributed by atoms with Gasteiger partial charge in [0, 0.05) is 5.69 Å². The molecule has 0 aliphatic heterocycles. The third-order valence-corrected chi connectivity index (χ3v) is 4.62. The van der Waals surface area contributed by atoms with Gasteiger partial charge >= 0.3 is 0 Å². The van der Waals surface area contributed by atoms with Gasteiger partial charge in [0.25, 0.3) is 10.0 Å². The van der Waals surface area contributed by atoms with Crippen LogP contribution in [0.4, 0.5) is 11.4 Å². The Labute approximate surface area is 124 Å². The first kappa shape index (κ1) is 15.2. The first-order valence-electron chi connectivity index (χ1n) is 6.37. The summed E-state index contributed by atoms with van der Waals surface area (Å²) < 4.78 is 32.8. The highest BCUT2D eigenvalue weighted by atomic mass is 32.2. The lowest BCUT2D eigenvalue weighted by Crippen LogP contribution is -2.15. The van der Waals surface area contributed by atoms with Gasteiger partial charge in [0.15, 0.2) is 0 Å². The molecule has 0 unspecified atom stereocenters. The molecule has 0 aliphatic carbocycles. The Kier molecular flexibility index (Phi) is 4.09. The van der Waals surface area contributed by atoms with Crippen LogP contribution in [0.2, 0.25) is 0 Å². The Hall–Kier alpha value is -2.21. The van der Waals surface area contributed by atoms with Crippen molar-refractivity contribution in [3.05, 3.63) is 47.5 Å². The van der Waals surface area contributed by atoms with Crippen molar-refractivity contribution in [1.29, 1.82) is 0 Å². The van der Waals surface area contributed by atoms with E-state index in [9.17, 15) is 8.42 Å². The Morgan fingerprint density at radius 3 is 2.52 bits per heavy atom. The Bertz CT molecular complexity index is 770. The molecule has 0 saturated heterocycles. The topological polar surface area (TPSA) is 81.4 Å². The van der Waals surface area contributed by atoms with Crippen molar-refractivity contribution in [2.75, 3.05) is 17.6 Å². The van der Waals surface area contributed by atoms with Crippen LogP contribution in [-0.4, -0.2) is 15.5 Å². The second kappa shape index (κ2) is 5.65. The number of nitrogens with one attached hydrogen (secondary N) is 1. The second-order valence-electron chi connectivity index (χ2n) is 4.78. The van der Waals surface area contributed by atoms with Crippen LogP contribution >= 0.6 is 0 Å². The van der Waals surface area contributed by atoms with Crippen molar-refractivity contribution in [3.63, 3.8) is 0 Å². The number of sulfonamides is 1. The molecule has 0 spiro atoms. The molecule has 2 rings (SSSR count). The Morgan fingerprint density at radius 1 is 1.14 bits per heavy atom. The van der Waals surface area contributed by atoms with E-state index in [0.717, 1.165) is 5.56 Å². The van der Waals surface area contributed by atoms with Crippen LogP contribution in [0.25, 0.3) is 0 Å². The van der Waals surface area contributed by atoms with E-state index < -0.39 is 10.0 Å². The smallest absolute Gasteiger partial charge is 0.265 e. The van der Waals surface area contributed by atoms with Crippen molar-refractivity contribution in [1.82, 2.24) is 0 Å². The van der Waals surface area contributed by atoms with Crippen LogP contribution in [0.5, 0.6) is 5.75 Å². The summed E-state index contributed by atoms with van der Waals surface area (Å²) in [5.74, 6) is 0.301. The minimum atomic E-state index is -3.75. The summed E-state index contributed by atoms with van der Waals surface area (Å²) in [6.07, 6.45) is 0. The number of hydrogen-bond donors (Lipinski definition) is 2. The molecule has 0 aromatic heterocycles. The third kappa shape index (κ3) is 3.11. The van der Waals surface area contributed by atoms with Gasteiger partial charge in [-0.25, -0.2) is 8.42 Å². The maximum absolute atomic E-state index is 12.6. The van der Waals surface area contributed by atoms with E-state index in [0.29, 0.717) is 22.7 Å². The van der Waals surface area contributed by atoms with Crippen LogP contribution < -0.4 is 15.2 Å². The lowest BCUT2D eigenvalue weighted by Gasteiger charge is -2.14. The molecular formula is C15H18N2O3S. The van der Waals surface area contributed by atoms with Crippen molar-refractivity contribution in [2.45, 2.75) is 18.7 Å². The van der Waals surface area contributed by atoms with Crippen LogP contribution in [0.1, 0.15) is 11.1 Å². The van der Waals surface area contributed by atoms with Crippen molar-refractivity contribution in [3.8, 4) is 5.75 Å². The first-order chi connectivity index (χ1) is 9.85. The molecule has 0 radical (unpaired) electrons. The molecular weight excluding hydrogens is 288 g/mol. The average molecular weight is 306 g/mol. The molecule has 3 N–H and O–H groups in total. The number of nitrogen functional groups attached to an aromatic ring is 1. The number of hydrogen-bond acceptors (Lipinski definition) is 4. The summed E-state index contributed by atoms with van der Waals surface area (Å²) in [5, 5.41) is 0. The van der Waals surface area contributed by atoms with Crippen molar-refractivity contribution in [2.24, 2.45) is 0 Å². The number of ether oxygens (including phenoxy) is 1. The monoisotopic (exact) mass is 306 g/mol. The van der Waals surface area contributed by atoms with Gasteiger partial charge in [0.2, 0.25) is 0 Å². The van der Waals surface area contributed by atoms with Gasteiger partial charge in [-0.2, -0.15) is 0 Å². The summed E-state index contributed by atoms with van der Waals surface area (Å²) in [5.41, 5.74) is 8.31. The molecule has 5 nitrogen and oxygen atoms in total. The van der Waals surface area contributed by atoms with Crippen LogP contribution in [0.15, 0.2) is 41.3 Å². The average Bonchev–Trinajstić information content (AvgIpc) is 2.44. The largest absolute Gasteiger partial charge is 0.495 e. The lowest BCUT2D eigenvalue weighted by molar-refractivity contribution is 0.402. The maximum atomic E-state index is 12.6. The second-order valence-corrected chi connectivity index (χ2v) is 6.43. The maximum Gasteiger partial charge on any atom is 0.265 e. The van der Waals surface area contributed by atoms with E-state index in [1.54, 1.807) is 43.3 Å². The van der Waals surface area contributed by atoms with Gasteiger partial charge in [0.05, 0.1) is 12.8 Å².